The first-order valence-electron chi connectivity index (χ1n) is 8.84. The van der Waals surface area contributed by atoms with Gasteiger partial charge in [-0.05, 0) is 49.7 Å². The van der Waals surface area contributed by atoms with Crippen molar-refractivity contribution in [2.24, 2.45) is 0 Å². The summed E-state index contributed by atoms with van der Waals surface area (Å²) in [7, 11) is 0. The number of amides is 1. The molecule has 6 nitrogen and oxygen atoms in total. The molecule has 1 aromatic heterocycles. The first-order valence-corrected chi connectivity index (χ1v) is 8.84. The SMILES string of the molecule is CCOc1ccc(NC(=O)c2ccnc(NC(C)c3ccccc3)n2)cc1. The van der Waals surface area contributed by atoms with Gasteiger partial charge in [0.25, 0.3) is 5.91 Å². The van der Waals surface area contributed by atoms with Crippen molar-refractivity contribution in [2.75, 3.05) is 17.2 Å². The third-order valence-corrected chi connectivity index (χ3v) is 3.96. The molecule has 27 heavy (non-hydrogen) atoms. The Kier molecular flexibility index (Phi) is 5.99. The average molecular weight is 362 g/mol. The number of rotatable bonds is 7. The van der Waals surface area contributed by atoms with Crippen molar-refractivity contribution in [1.29, 1.82) is 0 Å². The van der Waals surface area contributed by atoms with Crippen molar-refractivity contribution < 1.29 is 9.53 Å². The molecule has 138 valence electrons. The molecule has 0 saturated heterocycles. The number of nitrogens with one attached hydrogen (secondary N) is 2. The fraction of sp³-hybridized carbons (Fsp3) is 0.190. The summed E-state index contributed by atoms with van der Waals surface area (Å²) in [6.45, 7) is 4.55. The Balaban J connectivity index is 1.66. The zero-order valence-corrected chi connectivity index (χ0v) is 15.3. The Hall–Kier alpha value is -3.41. The third-order valence-electron chi connectivity index (χ3n) is 3.96. The maximum absolute atomic E-state index is 12.5. The first-order chi connectivity index (χ1) is 13.2. The molecule has 1 atom stereocenters. The van der Waals surface area contributed by atoms with Crippen LogP contribution in [0, 0.1) is 0 Å². The second kappa shape index (κ2) is 8.80. The van der Waals surface area contributed by atoms with Gasteiger partial charge in [0.1, 0.15) is 11.4 Å². The molecule has 2 aromatic carbocycles. The smallest absolute Gasteiger partial charge is 0.274 e. The Morgan fingerprint density at radius 1 is 1.07 bits per heavy atom. The molecule has 1 heterocycles. The van der Waals surface area contributed by atoms with Crippen LogP contribution >= 0.6 is 0 Å². The second-order valence-corrected chi connectivity index (χ2v) is 5.95. The molecule has 0 radical (unpaired) electrons. The lowest BCUT2D eigenvalue weighted by atomic mass is 10.1. The summed E-state index contributed by atoms with van der Waals surface area (Å²) in [5.74, 6) is 0.876. The predicted molar refractivity (Wildman–Crippen MR) is 106 cm³/mol. The van der Waals surface area contributed by atoms with Crippen molar-refractivity contribution in [3.63, 3.8) is 0 Å². The normalized spacial score (nSPS) is 11.5. The zero-order valence-electron chi connectivity index (χ0n) is 15.3. The van der Waals surface area contributed by atoms with Crippen molar-refractivity contribution in [1.82, 2.24) is 9.97 Å². The Bertz CT molecular complexity index is 882. The molecule has 1 amide bonds. The van der Waals surface area contributed by atoms with Crippen LogP contribution in [0.1, 0.15) is 35.9 Å². The van der Waals surface area contributed by atoms with E-state index in [-0.39, 0.29) is 11.9 Å². The number of hydrogen-bond acceptors (Lipinski definition) is 5. The van der Waals surface area contributed by atoms with Crippen LogP contribution in [0.2, 0.25) is 0 Å². The Morgan fingerprint density at radius 2 is 1.81 bits per heavy atom. The second-order valence-electron chi connectivity index (χ2n) is 5.95. The summed E-state index contributed by atoms with van der Waals surface area (Å²) in [5.41, 5.74) is 2.08. The van der Waals surface area contributed by atoms with E-state index in [4.69, 9.17) is 4.74 Å². The molecule has 0 aliphatic heterocycles. The van der Waals surface area contributed by atoms with E-state index in [0.717, 1.165) is 11.3 Å². The van der Waals surface area contributed by atoms with Crippen molar-refractivity contribution in [2.45, 2.75) is 19.9 Å². The van der Waals surface area contributed by atoms with Gasteiger partial charge in [0.15, 0.2) is 0 Å². The fourth-order valence-electron chi connectivity index (χ4n) is 2.57. The molecule has 2 N–H and O–H groups in total. The average Bonchev–Trinajstić information content (AvgIpc) is 2.70. The van der Waals surface area contributed by atoms with Crippen LogP contribution in [0.15, 0.2) is 66.9 Å². The summed E-state index contributed by atoms with van der Waals surface area (Å²) >= 11 is 0. The van der Waals surface area contributed by atoms with Gasteiger partial charge in [-0.3, -0.25) is 4.79 Å². The van der Waals surface area contributed by atoms with Crippen LogP contribution in [0.3, 0.4) is 0 Å². The predicted octanol–water partition coefficient (Wildman–Crippen LogP) is 4.30. The minimum absolute atomic E-state index is 0.0237. The number of hydrogen-bond donors (Lipinski definition) is 2. The van der Waals surface area contributed by atoms with Gasteiger partial charge in [-0.15, -0.1) is 0 Å². The maximum Gasteiger partial charge on any atom is 0.274 e. The summed E-state index contributed by atoms with van der Waals surface area (Å²) < 4.78 is 5.40. The highest BCUT2D eigenvalue weighted by Crippen LogP contribution is 2.18. The van der Waals surface area contributed by atoms with Gasteiger partial charge in [-0.2, -0.15) is 0 Å². The van der Waals surface area contributed by atoms with Crippen LogP contribution in [0.25, 0.3) is 0 Å². The van der Waals surface area contributed by atoms with E-state index in [0.29, 0.717) is 23.9 Å². The lowest BCUT2D eigenvalue weighted by Gasteiger charge is -2.14. The van der Waals surface area contributed by atoms with Crippen LogP contribution in [-0.4, -0.2) is 22.5 Å². The summed E-state index contributed by atoms with van der Waals surface area (Å²) in [6, 6.07) is 18.8. The van der Waals surface area contributed by atoms with Crippen LogP contribution in [-0.2, 0) is 0 Å². The molecular weight excluding hydrogens is 340 g/mol. The van der Waals surface area contributed by atoms with E-state index in [1.807, 2.05) is 56.3 Å². The zero-order chi connectivity index (χ0) is 19.1. The molecule has 3 aromatic rings. The fourth-order valence-corrected chi connectivity index (χ4v) is 2.57. The topological polar surface area (TPSA) is 76.1 Å². The number of ether oxygens (including phenoxy) is 1. The lowest BCUT2D eigenvalue weighted by Crippen LogP contribution is -2.16. The number of anilines is 2. The van der Waals surface area contributed by atoms with Crippen molar-refractivity contribution in [3.05, 3.63) is 78.1 Å². The van der Waals surface area contributed by atoms with Gasteiger partial charge in [-0.25, -0.2) is 9.97 Å². The number of carbonyl (C=O) groups excluding carboxylic acids is 1. The lowest BCUT2D eigenvalue weighted by molar-refractivity contribution is 0.102. The largest absolute Gasteiger partial charge is 0.494 e. The number of nitrogens with zero attached hydrogens (tertiary/aromatic N) is 2. The highest BCUT2D eigenvalue weighted by Gasteiger charge is 2.11. The molecule has 1 unspecified atom stereocenters. The van der Waals surface area contributed by atoms with Crippen LogP contribution in [0.4, 0.5) is 11.6 Å². The van der Waals surface area contributed by atoms with Gasteiger partial charge < -0.3 is 15.4 Å². The minimum Gasteiger partial charge on any atom is -0.494 e. The van der Waals surface area contributed by atoms with E-state index < -0.39 is 0 Å². The number of carbonyl (C=O) groups is 1. The van der Waals surface area contributed by atoms with E-state index in [1.165, 1.54) is 0 Å². The van der Waals surface area contributed by atoms with E-state index in [9.17, 15) is 4.79 Å². The molecule has 0 spiro atoms. The van der Waals surface area contributed by atoms with Gasteiger partial charge >= 0.3 is 0 Å². The molecular formula is C21H22N4O2. The minimum atomic E-state index is -0.294. The van der Waals surface area contributed by atoms with Crippen molar-refractivity contribution >= 4 is 17.5 Å². The first kappa shape index (κ1) is 18.4. The molecule has 0 fully saturated rings. The van der Waals surface area contributed by atoms with E-state index in [1.54, 1.807) is 24.4 Å². The van der Waals surface area contributed by atoms with Gasteiger partial charge in [0, 0.05) is 11.9 Å². The summed E-state index contributed by atoms with van der Waals surface area (Å²) in [5, 5.41) is 6.05. The maximum atomic E-state index is 12.5. The summed E-state index contributed by atoms with van der Waals surface area (Å²) in [4.78, 5) is 21.0. The van der Waals surface area contributed by atoms with Gasteiger partial charge in [0.05, 0.1) is 12.6 Å². The molecule has 0 saturated carbocycles. The third kappa shape index (κ3) is 5.04. The quantitative estimate of drug-likeness (QED) is 0.655. The highest BCUT2D eigenvalue weighted by atomic mass is 16.5. The molecule has 6 heteroatoms. The van der Waals surface area contributed by atoms with Crippen molar-refractivity contribution in [3.8, 4) is 5.75 Å². The van der Waals surface area contributed by atoms with E-state index >= 15 is 0 Å². The molecule has 0 aliphatic rings. The Morgan fingerprint density at radius 3 is 2.52 bits per heavy atom. The van der Waals surface area contributed by atoms with Crippen LogP contribution < -0.4 is 15.4 Å². The number of benzene rings is 2. The molecule has 3 rings (SSSR count). The molecule has 0 aliphatic carbocycles. The van der Waals surface area contributed by atoms with Gasteiger partial charge in [-0.1, -0.05) is 30.3 Å². The highest BCUT2D eigenvalue weighted by molar-refractivity contribution is 6.02. The van der Waals surface area contributed by atoms with Gasteiger partial charge in [0.2, 0.25) is 5.95 Å². The number of aromatic nitrogens is 2. The summed E-state index contributed by atoms with van der Waals surface area (Å²) in [6.07, 6.45) is 1.57. The molecule has 0 bridgehead atoms. The van der Waals surface area contributed by atoms with E-state index in [2.05, 4.69) is 20.6 Å². The van der Waals surface area contributed by atoms with Crippen LogP contribution in [0.5, 0.6) is 5.75 Å². The monoisotopic (exact) mass is 362 g/mol. The Labute approximate surface area is 158 Å². The standard InChI is InChI=1S/C21H22N4O2/c1-3-27-18-11-9-17(10-12-18)24-20(26)19-13-14-22-21(25-19)23-15(2)16-7-5-4-6-8-16/h4-15H,3H2,1-2H3,(H,24,26)(H,22,23,25).